The van der Waals surface area contributed by atoms with Crippen molar-refractivity contribution in [3.8, 4) is 0 Å². The van der Waals surface area contributed by atoms with Crippen LogP contribution in [0.3, 0.4) is 0 Å². The fourth-order valence-corrected chi connectivity index (χ4v) is 2.47. The maximum atomic E-state index is 11.9. The van der Waals surface area contributed by atoms with Crippen molar-refractivity contribution >= 4 is 18.3 Å². The average molecular weight is 263 g/mol. The van der Waals surface area contributed by atoms with E-state index >= 15 is 0 Å². The molecule has 1 aliphatic heterocycles. The Morgan fingerprint density at radius 1 is 1.53 bits per heavy atom. The summed E-state index contributed by atoms with van der Waals surface area (Å²) in [5, 5.41) is 6.42. The van der Waals surface area contributed by atoms with Gasteiger partial charge in [-0.2, -0.15) is 0 Å². The second-order valence-corrected chi connectivity index (χ2v) is 4.94. The van der Waals surface area contributed by atoms with E-state index in [1.54, 1.807) is 0 Å². The van der Waals surface area contributed by atoms with E-state index in [9.17, 15) is 4.79 Å². The Hall–Kier alpha value is -0.320. The summed E-state index contributed by atoms with van der Waals surface area (Å²) in [5.41, 5.74) is 0.110. The van der Waals surface area contributed by atoms with Gasteiger partial charge in [0.15, 0.2) is 0 Å². The lowest BCUT2D eigenvalue weighted by Crippen LogP contribution is -2.54. The van der Waals surface area contributed by atoms with Gasteiger partial charge in [0.25, 0.3) is 0 Å². The maximum absolute atomic E-state index is 11.9. The van der Waals surface area contributed by atoms with Crippen LogP contribution in [0.1, 0.15) is 39.0 Å². The van der Waals surface area contributed by atoms with Crippen LogP contribution in [0.5, 0.6) is 0 Å². The van der Waals surface area contributed by atoms with Crippen LogP contribution in [-0.2, 0) is 9.53 Å². The molecule has 1 saturated heterocycles. The summed E-state index contributed by atoms with van der Waals surface area (Å²) in [5.74, 6) is 0.148. The molecule has 17 heavy (non-hydrogen) atoms. The summed E-state index contributed by atoms with van der Waals surface area (Å²) in [6.45, 7) is 4.57. The minimum Gasteiger partial charge on any atom is -0.375 e. The zero-order chi connectivity index (χ0) is 11.4. The molecule has 0 spiro atoms. The molecule has 2 rings (SSSR count). The fourth-order valence-electron chi connectivity index (χ4n) is 2.47. The first-order valence-electron chi connectivity index (χ1n) is 6.37. The van der Waals surface area contributed by atoms with E-state index in [2.05, 4.69) is 17.6 Å². The van der Waals surface area contributed by atoms with Crippen molar-refractivity contribution in [1.82, 2.24) is 10.6 Å². The highest BCUT2D eigenvalue weighted by molar-refractivity contribution is 5.85. The van der Waals surface area contributed by atoms with E-state index in [1.807, 2.05) is 0 Å². The number of amides is 1. The third-order valence-corrected chi connectivity index (χ3v) is 3.81. The van der Waals surface area contributed by atoms with Gasteiger partial charge >= 0.3 is 0 Å². The number of carbonyl (C=O) groups is 1. The van der Waals surface area contributed by atoms with E-state index in [0.717, 1.165) is 39.0 Å². The van der Waals surface area contributed by atoms with Crippen molar-refractivity contribution in [3.63, 3.8) is 0 Å². The van der Waals surface area contributed by atoms with Crippen LogP contribution in [0.15, 0.2) is 0 Å². The van der Waals surface area contributed by atoms with Crippen molar-refractivity contribution in [1.29, 1.82) is 0 Å². The Balaban J connectivity index is 0.00000144. The molecule has 1 unspecified atom stereocenters. The third kappa shape index (κ3) is 3.83. The second kappa shape index (κ2) is 6.57. The zero-order valence-corrected chi connectivity index (χ0v) is 11.3. The van der Waals surface area contributed by atoms with Crippen molar-refractivity contribution in [2.75, 3.05) is 19.7 Å². The first-order valence-corrected chi connectivity index (χ1v) is 6.37. The minimum absolute atomic E-state index is 0. The fraction of sp³-hybridized carbons (Fsp3) is 0.917. The number of nitrogens with one attached hydrogen (secondary N) is 2. The topological polar surface area (TPSA) is 50.4 Å². The number of morpholine rings is 1. The zero-order valence-electron chi connectivity index (χ0n) is 10.5. The number of carbonyl (C=O) groups excluding carboxylic acids is 1. The SMILES string of the molecule is CCC1(NC(=O)CC2CNCCO2)CCC1.Cl. The molecule has 2 N–H and O–H groups in total. The van der Waals surface area contributed by atoms with Crippen LogP contribution < -0.4 is 10.6 Å². The average Bonchev–Trinajstić information content (AvgIpc) is 2.25. The van der Waals surface area contributed by atoms with Crippen LogP contribution in [-0.4, -0.2) is 37.2 Å². The number of rotatable bonds is 4. The third-order valence-electron chi connectivity index (χ3n) is 3.81. The van der Waals surface area contributed by atoms with Crippen LogP contribution in [0.25, 0.3) is 0 Å². The Kier molecular flexibility index (Phi) is 5.70. The molecule has 1 amide bonds. The number of halogens is 1. The normalized spacial score (nSPS) is 26.5. The van der Waals surface area contributed by atoms with Crippen LogP contribution in [0.4, 0.5) is 0 Å². The second-order valence-electron chi connectivity index (χ2n) is 4.94. The molecule has 0 aromatic heterocycles. The lowest BCUT2D eigenvalue weighted by atomic mass is 9.75. The Morgan fingerprint density at radius 2 is 2.29 bits per heavy atom. The summed E-state index contributed by atoms with van der Waals surface area (Å²) >= 11 is 0. The molecule has 1 atom stereocenters. The first kappa shape index (κ1) is 14.7. The van der Waals surface area contributed by atoms with Crippen LogP contribution >= 0.6 is 12.4 Å². The molecule has 0 aromatic carbocycles. The van der Waals surface area contributed by atoms with Crippen LogP contribution in [0, 0.1) is 0 Å². The number of hydrogen-bond acceptors (Lipinski definition) is 3. The van der Waals surface area contributed by atoms with Gasteiger partial charge in [-0.3, -0.25) is 4.79 Å². The highest BCUT2D eigenvalue weighted by Crippen LogP contribution is 2.34. The monoisotopic (exact) mass is 262 g/mol. The highest BCUT2D eigenvalue weighted by Gasteiger charge is 2.36. The van der Waals surface area contributed by atoms with E-state index in [0.29, 0.717) is 6.42 Å². The highest BCUT2D eigenvalue weighted by atomic mass is 35.5. The maximum Gasteiger partial charge on any atom is 0.223 e. The van der Waals surface area contributed by atoms with Gasteiger partial charge in [-0.25, -0.2) is 0 Å². The summed E-state index contributed by atoms with van der Waals surface area (Å²) in [4.78, 5) is 11.9. The van der Waals surface area contributed by atoms with E-state index in [4.69, 9.17) is 4.74 Å². The summed E-state index contributed by atoms with van der Waals surface area (Å²) < 4.78 is 5.53. The summed E-state index contributed by atoms with van der Waals surface area (Å²) in [7, 11) is 0. The molecular weight excluding hydrogens is 240 g/mol. The minimum atomic E-state index is 0. The standard InChI is InChI=1S/C12H22N2O2.ClH/c1-2-12(4-3-5-12)14-11(15)8-10-9-13-6-7-16-10;/h10,13H,2-9H2,1H3,(H,14,15);1H. The molecule has 2 aliphatic rings. The molecule has 1 heterocycles. The molecule has 0 aromatic rings. The molecule has 100 valence electrons. The predicted octanol–water partition coefficient (Wildman–Crippen LogP) is 1.24. The molecule has 2 fully saturated rings. The van der Waals surface area contributed by atoms with E-state index in [1.165, 1.54) is 6.42 Å². The molecule has 5 heteroatoms. The molecule has 1 saturated carbocycles. The van der Waals surface area contributed by atoms with Gasteiger partial charge in [-0.15, -0.1) is 12.4 Å². The summed E-state index contributed by atoms with van der Waals surface area (Å²) in [6.07, 6.45) is 5.12. The molecule has 1 aliphatic carbocycles. The van der Waals surface area contributed by atoms with Crippen LogP contribution in [0.2, 0.25) is 0 Å². The van der Waals surface area contributed by atoms with Gasteiger partial charge in [-0.05, 0) is 25.7 Å². The summed E-state index contributed by atoms with van der Waals surface area (Å²) in [6, 6.07) is 0. The van der Waals surface area contributed by atoms with Gasteiger partial charge in [-0.1, -0.05) is 6.92 Å². The van der Waals surface area contributed by atoms with Crippen molar-refractivity contribution < 1.29 is 9.53 Å². The van der Waals surface area contributed by atoms with E-state index < -0.39 is 0 Å². The quantitative estimate of drug-likeness (QED) is 0.802. The number of ether oxygens (including phenoxy) is 1. The van der Waals surface area contributed by atoms with E-state index in [-0.39, 0.29) is 30.0 Å². The van der Waals surface area contributed by atoms with Gasteiger partial charge in [0.05, 0.1) is 19.1 Å². The Bertz CT molecular complexity index is 245. The van der Waals surface area contributed by atoms with Crippen molar-refractivity contribution in [2.24, 2.45) is 0 Å². The first-order chi connectivity index (χ1) is 7.74. The smallest absolute Gasteiger partial charge is 0.223 e. The van der Waals surface area contributed by atoms with Crippen molar-refractivity contribution in [3.05, 3.63) is 0 Å². The molecule has 0 radical (unpaired) electrons. The Labute approximate surface area is 109 Å². The Morgan fingerprint density at radius 3 is 2.76 bits per heavy atom. The van der Waals surface area contributed by atoms with Gasteiger partial charge in [0, 0.05) is 18.6 Å². The van der Waals surface area contributed by atoms with Gasteiger partial charge < -0.3 is 15.4 Å². The lowest BCUT2D eigenvalue weighted by molar-refractivity contribution is -0.127. The van der Waals surface area contributed by atoms with Crippen molar-refractivity contribution in [2.45, 2.75) is 50.7 Å². The molecule has 4 nitrogen and oxygen atoms in total. The molecule has 0 bridgehead atoms. The lowest BCUT2D eigenvalue weighted by Gasteiger charge is -2.42. The molecular formula is C12H23ClN2O2. The van der Waals surface area contributed by atoms with Gasteiger partial charge in [0.1, 0.15) is 0 Å². The van der Waals surface area contributed by atoms with Gasteiger partial charge in [0.2, 0.25) is 5.91 Å². The predicted molar refractivity (Wildman–Crippen MR) is 69.5 cm³/mol. The number of hydrogen-bond donors (Lipinski definition) is 2. The largest absolute Gasteiger partial charge is 0.375 e.